The van der Waals surface area contributed by atoms with Crippen LogP contribution in [0.25, 0.3) is 10.8 Å². The van der Waals surface area contributed by atoms with E-state index in [1.807, 2.05) is 0 Å². The zero-order chi connectivity index (χ0) is 13.3. The van der Waals surface area contributed by atoms with Gasteiger partial charge in [-0.05, 0) is 35.1 Å². The van der Waals surface area contributed by atoms with Gasteiger partial charge in [0.15, 0.2) is 0 Å². The van der Waals surface area contributed by atoms with Gasteiger partial charge in [0.2, 0.25) is 0 Å². The molecule has 0 heterocycles. The van der Waals surface area contributed by atoms with Crippen LogP contribution in [0.4, 0.5) is 0 Å². The summed E-state index contributed by atoms with van der Waals surface area (Å²) in [6, 6.07) is 14.7. The Balaban J connectivity index is 2.16. The van der Waals surface area contributed by atoms with Gasteiger partial charge in [-0.2, -0.15) is 0 Å². The molecule has 0 bridgehead atoms. The van der Waals surface area contributed by atoms with Gasteiger partial charge in [0.1, 0.15) is 0 Å². The van der Waals surface area contributed by atoms with Crippen LogP contribution < -0.4 is 0 Å². The van der Waals surface area contributed by atoms with Gasteiger partial charge in [-0.15, -0.1) is 0 Å². The lowest BCUT2D eigenvalue weighted by molar-refractivity contribution is -0.0545. The molecular formula is C18H22O. The minimum atomic E-state index is -0.631. The molecule has 2 unspecified atom stereocenters. The molecule has 2 aromatic rings. The molecule has 1 N–H and O–H groups in total. The van der Waals surface area contributed by atoms with Crippen LogP contribution in [0.15, 0.2) is 42.5 Å². The Morgan fingerprint density at radius 1 is 1.11 bits per heavy atom. The summed E-state index contributed by atoms with van der Waals surface area (Å²) < 4.78 is 0. The monoisotopic (exact) mass is 254 g/mol. The summed E-state index contributed by atoms with van der Waals surface area (Å²) in [6.45, 7) is 2.20. The minimum absolute atomic E-state index is 0.395. The van der Waals surface area contributed by atoms with E-state index in [0.29, 0.717) is 5.92 Å². The first-order chi connectivity index (χ1) is 9.25. The lowest BCUT2D eigenvalue weighted by Crippen LogP contribution is -2.37. The van der Waals surface area contributed by atoms with Crippen LogP contribution in [0, 0.1) is 5.92 Å². The van der Waals surface area contributed by atoms with Crippen molar-refractivity contribution in [2.24, 2.45) is 5.92 Å². The first-order valence-electron chi connectivity index (χ1n) is 7.46. The summed E-state index contributed by atoms with van der Waals surface area (Å²) in [5.74, 6) is 0.395. The predicted octanol–water partition coefficient (Wildman–Crippen LogP) is 4.63. The van der Waals surface area contributed by atoms with Crippen LogP contribution in [-0.2, 0) is 5.60 Å². The highest BCUT2D eigenvalue weighted by Gasteiger charge is 2.39. The number of hydrogen-bond acceptors (Lipinski definition) is 1. The molecule has 100 valence electrons. The molecule has 1 fully saturated rings. The summed E-state index contributed by atoms with van der Waals surface area (Å²) in [6.07, 6.45) is 5.50. The molecule has 0 spiro atoms. The molecule has 0 amide bonds. The fraction of sp³-hybridized carbons (Fsp3) is 0.444. The van der Waals surface area contributed by atoms with Gasteiger partial charge < -0.3 is 5.11 Å². The Morgan fingerprint density at radius 3 is 2.74 bits per heavy atom. The Kier molecular flexibility index (Phi) is 3.32. The van der Waals surface area contributed by atoms with Crippen molar-refractivity contribution < 1.29 is 5.11 Å². The second-order valence-corrected chi connectivity index (χ2v) is 5.80. The van der Waals surface area contributed by atoms with E-state index in [-0.39, 0.29) is 0 Å². The molecule has 0 radical (unpaired) electrons. The van der Waals surface area contributed by atoms with Crippen molar-refractivity contribution in [3.05, 3.63) is 48.0 Å². The summed E-state index contributed by atoms with van der Waals surface area (Å²) >= 11 is 0. The highest BCUT2D eigenvalue weighted by atomic mass is 16.3. The number of fused-ring (bicyclic) bond motifs is 1. The molecule has 0 aromatic heterocycles. The van der Waals surface area contributed by atoms with Crippen LogP contribution in [0.1, 0.15) is 44.6 Å². The Labute approximate surface area is 115 Å². The third-order valence-corrected chi connectivity index (χ3v) is 4.78. The maximum atomic E-state index is 11.3. The predicted molar refractivity (Wildman–Crippen MR) is 80.1 cm³/mol. The second-order valence-electron chi connectivity index (χ2n) is 5.80. The molecule has 1 heteroatoms. The molecule has 1 aliphatic rings. The van der Waals surface area contributed by atoms with Gasteiger partial charge in [-0.25, -0.2) is 0 Å². The Bertz CT molecular complexity index is 569. The molecule has 2 aromatic carbocycles. The standard InChI is InChI=1S/C18H22O/c1-2-15-10-5-6-13-18(15,19)17-12-7-9-14-8-3-4-11-16(14)17/h3-4,7-9,11-12,15,19H,2,5-6,10,13H2,1H3. The van der Waals surface area contributed by atoms with Crippen molar-refractivity contribution in [2.45, 2.75) is 44.6 Å². The van der Waals surface area contributed by atoms with Crippen molar-refractivity contribution in [3.8, 4) is 0 Å². The van der Waals surface area contributed by atoms with E-state index in [1.54, 1.807) is 0 Å². The Hall–Kier alpha value is -1.34. The lowest BCUT2D eigenvalue weighted by Gasteiger charge is -2.40. The Morgan fingerprint density at radius 2 is 1.89 bits per heavy atom. The molecule has 1 saturated carbocycles. The fourth-order valence-corrected chi connectivity index (χ4v) is 3.73. The maximum Gasteiger partial charge on any atom is 0.0930 e. The molecule has 1 nitrogen and oxygen atoms in total. The SMILES string of the molecule is CCC1CCCCC1(O)c1cccc2ccccc12. The van der Waals surface area contributed by atoms with Crippen molar-refractivity contribution in [1.29, 1.82) is 0 Å². The molecular weight excluding hydrogens is 232 g/mol. The normalized spacial score (nSPS) is 27.6. The summed E-state index contributed by atoms with van der Waals surface area (Å²) in [7, 11) is 0. The van der Waals surface area contributed by atoms with Crippen molar-refractivity contribution in [3.63, 3.8) is 0 Å². The third kappa shape index (κ3) is 2.06. The summed E-state index contributed by atoms with van der Waals surface area (Å²) in [5, 5.41) is 13.7. The maximum absolute atomic E-state index is 11.3. The van der Waals surface area contributed by atoms with Gasteiger partial charge in [-0.1, -0.05) is 68.7 Å². The van der Waals surface area contributed by atoms with Crippen molar-refractivity contribution in [1.82, 2.24) is 0 Å². The van der Waals surface area contributed by atoms with E-state index in [1.165, 1.54) is 17.2 Å². The molecule has 2 atom stereocenters. The van der Waals surface area contributed by atoms with Crippen molar-refractivity contribution in [2.75, 3.05) is 0 Å². The van der Waals surface area contributed by atoms with E-state index >= 15 is 0 Å². The highest BCUT2D eigenvalue weighted by Crippen LogP contribution is 2.45. The smallest absolute Gasteiger partial charge is 0.0930 e. The van der Waals surface area contributed by atoms with E-state index in [0.717, 1.165) is 31.2 Å². The number of hydrogen-bond donors (Lipinski definition) is 1. The van der Waals surface area contributed by atoms with Crippen LogP contribution in [0.3, 0.4) is 0 Å². The van der Waals surface area contributed by atoms with Gasteiger partial charge >= 0.3 is 0 Å². The van der Waals surface area contributed by atoms with Crippen LogP contribution >= 0.6 is 0 Å². The van der Waals surface area contributed by atoms with E-state index in [4.69, 9.17) is 0 Å². The van der Waals surface area contributed by atoms with Gasteiger partial charge in [-0.3, -0.25) is 0 Å². The zero-order valence-corrected chi connectivity index (χ0v) is 11.6. The van der Waals surface area contributed by atoms with Gasteiger partial charge in [0.25, 0.3) is 0 Å². The molecule has 0 saturated heterocycles. The first kappa shape index (κ1) is 12.7. The number of rotatable bonds is 2. The van der Waals surface area contributed by atoms with Crippen LogP contribution in [-0.4, -0.2) is 5.11 Å². The molecule has 0 aliphatic heterocycles. The van der Waals surface area contributed by atoms with Crippen molar-refractivity contribution >= 4 is 10.8 Å². The lowest BCUT2D eigenvalue weighted by atomic mass is 9.69. The average Bonchev–Trinajstić information content (AvgIpc) is 2.47. The molecule has 19 heavy (non-hydrogen) atoms. The fourth-order valence-electron chi connectivity index (χ4n) is 3.73. The zero-order valence-electron chi connectivity index (χ0n) is 11.6. The largest absolute Gasteiger partial charge is 0.385 e. The van der Waals surface area contributed by atoms with Gasteiger partial charge in [0, 0.05) is 0 Å². The number of benzene rings is 2. The second kappa shape index (κ2) is 4.97. The van der Waals surface area contributed by atoms with Gasteiger partial charge in [0.05, 0.1) is 5.60 Å². The van der Waals surface area contributed by atoms with Crippen LogP contribution in [0.5, 0.6) is 0 Å². The quantitative estimate of drug-likeness (QED) is 0.828. The topological polar surface area (TPSA) is 20.2 Å². The van der Waals surface area contributed by atoms with E-state index in [9.17, 15) is 5.11 Å². The molecule has 1 aliphatic carbocycles. The minimum Gasteiger partial charge on any atom is -0.385 e. The van der Waals surface area contributed by atoms with Crippen LogP contribution in [0.2, 0.25) is 0 Å². The van der Waals surface area contributed by atoms with E-state index < -0.39 is 5.60 Å². The summed E-state index contributed by atoms with van der Waals surface area (Å²) in [5.41, 5.74) is 0.505. The molecule has 3 rings (SSSR count). The first-order valence-corrected chi connectivity index (χ1v) is 7.46. The number of aliphatic hydroxyl groups is 1. The van der Waals surface area contributed by atoms with E-state index in [2.05, 4.69) is 49.4 Å². The highest BCUT2D eigenvalue weighted by molar-refractivity contribution is 5.86. The average molecular weight is 254 g/mol. The summed E-state index contributed by atoms with van der Waals surface area (Å²) in [4.78, 5) is 0. The third-order valence-electron chi connectivity index (χ3n) is 4.78.